The average molecular weight is 505 g/mol. The van der Waals surface area contributed by atoms with Crippen LogP contribution >= 0.6 is 0 Å². The van der Waals surface area contributed by atoms with E-state index >= 15 is 0 Å². The van der Waals surface area contributed by atoms with E-state index in [1.54, 1.807) is 6.07 Å². The zero-order valence-corrected chi connectivity index (χ0v) is 20.4. The predicted octanol–water partition coefficient (Wildman–Crippen LogP) is 3.69. The summed E-state index contributed by atoms with van der Waals surface area (Å²) in [6.07, 6.45) is 0. The molecular formula is C24H25FN2O7S. The van der Waals surface area contributed by atoms with Crippen LogP contribution in [0.5, 0.6) is 23.0 Å². The van der Waals surface area contributed by atoms with Crippen molar-refractivity contribution >= 4 is 27.3 Å². The van der Waals surface area contributed by atoms with Crippen molar-refractivity contribution in [2.24, 2.45) is 0 Å². The number of carbonyl (C=O) groups excluding carboxylic acids is 1. The number of halogens is 1. The number of hydrogen-bond acceptors (Lipinski definition) is 7. The lowest BCUT2D eigenvalue weighted by Gasteiger charge is -2.26. The van der Waals surface area contributed by atoms with Crippen LogP contribution in [0.1, 0.15) is 0 Å². The van der Waals surface area contributed by atoms with E-state index in [0.717, 1.165) is 4.31 Å². The second-order valence-corrected chi connectivity index (χ2v) is 8.98. The van der Waals surface area contributed by atoms with Crippen LogP contribution in [0.2, 0.25) is 0 Å². The van der Waals surface area contributed by atoms with Crippen LogP contribution in [0, 0.1) is 5.82 Å². The largest absolute Gasteiger partial charge is 0.497 e. The second kappa shape index (κ2) is 11.0. The molecule has 0 spiro atoms. The fraction of sp³-hybridized carbons (Fsp3) is 0.208. The minimum Gasteiger partial charge on any atom is -0.497 e. The normalized spacial score (nSPS) is 10.9. The van der Waals surface area contributed by atoms with E-state index in [1.807, 2.05) is 0 Å². The number of ether oxygens (including phenoxy) is 4. The second-order valence-electron chi connectivity index (χ2n) is 7.12. The van der Waals surface area contributed by atoms with E-state index in [-0.39, 0.29) is 22.1 Å². The van der Waals surface area contributed by atoms with Crippen LogP contribution in [0.3, 0.4) is 0 Å². The Balaban J connectivity index is 2.09. The maximum atomic E-state index is 13.8. The molecule has 1 N–H and O–H groups in total. The lowest BCUT2D eigenvalue weighted by molar-refractivity contribution is -0.114. The molecule has 0 unspecified atom stereocenters. The summed E-state index contributed by atoms with van der Waals surface area (Å²) in [5.41, 5.74) is 0.383. The molecule has 0 fully saturated rings. The van der Waals surface area contributed by atoms with Gasteiger partial charge in [-0.3, -0.25) is 9.10 Å². The molecule has 35 heavy (non-hydrogen) atoms. The molecule has 0 aromatic heterocycles. The maximum Gasteiger partial charge on any atom is 0.265 e. The number of anilines is 2. The third kappa shape index (κ3) is 5.75. The van der Waals surface area contributed by atoms with E-state index in [9.17, 15) is 17.6 Å². The molecule has 1 amide bonds. The predicted molar refractivity (Wildman–Crippen MR) is 129 cm³/mol. The van der Waals surface area contributed by atoms with Crippen molar-refractivity contribution in [1.82, 2.24) is 0 Å². The highest BCUT2D eigenvalue weighted by Gasteiger charge is 2.31. The lowest BCUT2D eigenvalue weighted by Crippen LogP contribution is -2.38. The Kier molecular flexibility index (Phi) is 8.02. The zero-order chi connectivity index (χ0) is 25.6. The molecule has 0 heterocycles. The van der Waals surface area contributed by atoms with Crippen molar-refractivity contribution in [2.75, 3.05) is 44.6 Å². The molecule has 0 aliphatic rings. The molecular weight excluding hydrogens is 479 g/mol. The SMILES string of the molecule is COc1ccc(OC)c(N(CC(=O)Nc2ccc(F)cc2)S(=O)(=O)c2ccc(OC)c(OC)c2)c1. The third-order valence-corrected chi connectivity index (χ3v) is 6.77. The number of benzene rings is 3. The number of sulfonamides is 1. The summed E-state index contributed by atoms with van der Waals surface area (Å²) in [6, 6.07) is 13.8. The summed E-state index contributed by atoms with van der Waals surface area (Å²) in [4.78, 5) is 12.8. The van der Waals surface area contributed by atoms with Crippen molar-refractivity contribution < 1.29 is 36.6 Å². The summed E-state index contributed by atoms with van der Waals surface area (Å²) in [5.74, 6) is -0.0445. The van der Waals surface area contributed by atoms with E-state index in [4.69, 9.17) is 18.9 Å². The quantitative estimate of drug-likeness (QED) is 0.449. The summed E-state index contributed by atoms with van der Waals surface area (Å²) in [5, 5.41) is 2.57. The average Bonchev–Trinajstić information content (AvgIpc) is 2.87. The lowest BCUT2D eigenvalue weighted by atomic mass is 10.2. The van der Waals surface area contributed by atoms with Gasteiger partial charge < -0.3 is 24.3 Å². The van der Waals surface area contributed by atoms with Gasteiger partial charge >= 0.3 is 0 Å². The summed E-state index contributed by atoms with van der Waals surface area (Å²) in [7, 11) is 1.30. The summed E-state index contributed by atoms with van der Waals surface area (Å²) >= 11 is 0. The van der Waals surface area contributed by atoms with Crippen LogP contribution in [0.4, 0.5) is 15.8 Å². The van der Waals surface area contributed by atoms with Crippen LogP contribution in [-0.2, 0) is 14.8 Å². The Labute approximate surface area is 203 Å². The third-order valence-electron chi connectivity index (χ3n) is 5.01. The van der Waals surface area contributed by atoms with Crippen molar-refractivity contribution in [3.63, 3.8) is 0 Å². The molecule has 0 saturated heterocycles. The number of carbonyl (C=O) groups is 1. The monoisotopic (exact) mass is 504 g/mol. The van der Waals surface area contributed by atoms with Crippen molar-refractivity contribution in [1.29, 1.82) is 0 Å². The highest BCUT2D eigenvalue weighted by atomic mass is 32.2. The molecule has 0 radical (unpaired) electrons. The molecule has 0 bridgehead atoms. The van der Waals surface area contributed by atoms with Gasteiger partial charge in [-0.05, 0) is 48.5 Å². The Bertz CT molecular complexity index is 1300. The standard InChI is InChI=1S/C24H25FN2O7S/c1-31-18-9-11-21(32-2)20(13-18)27(15-24(28)26-17-7-5-16(25)6-8-17)35(29,30)19-10-12-22(33-3)23(14-19)34-4/h5-14H,15H2,1-4H3,(H,26,28). The number of hydrogen-bond donors (Lipinski definition) is 1. The van der Waals surface area contributed by atoms with Gasteiger partial charge in [0.25, 0.3) is 10.0 Å². The number of amides is 1. The molecule has 3 aromatic rings. The van der Waals surface area contributed by atoms with Crippen LogP contribution in [0.25, 0.3) is 0 Å². The smallest absolute Gasteiger partial charge is 0.265 e. The van der Waals surface area contributed by atoms with Gasteiger partial charge in [-0.1, -0.05) is 0 Å². The first kappa shape index (κ1) is 25.6. The first-order valence-corrected chi connectivity index (χ1v) is 11.7. The van der Waals surface area contributed by atoms with Gasteiger partial charge in [-0.25, -0.2) is 12.8 Å². The minimum atomic E-state index is -4.32. The zero-order valence-electron chi connectivity index (χ0n) is 19.6. The highest BCUT2D eigenvalue weighted by molar-refractivity contribution is 7.92. The molecule has 11 heteroatoms. The Morgan fingerprint density at radius 2 is 1.46 bits per heavy atom. The molecule has 0 atom stereocenters. The molecule has 0 aliphatic carbocycles. The topological polar surface area (TPSA) is 103 Å². The van der Waals surface area contributed by atoms with Gasteiger partial charge in [-0.2, -0.15) is 0 Å². The van der Waals surface area contributed by atoms with Crippen molar-refractivity contribution in [3.05, 3.63) is 66.5 Å². The van der Waals surface area contributed by atoms with Crippen molar-refractivity contribution in [2.45, 2.75) is 4.90 Å². The van der Waals surface area contributed by atoms with Gasteiger partial charge in [0.1, 0.15) is 23.9 Å². The van der Waals surface area contributed by atoms with Gasteiger partial charge in [0.05, 0.1) is 39.0 Å². The molecule has 3 aromatic carbocycles. The molecule has 186 valence electrons. The summed E-state index contributed by atoms with van der Waals surface area (Å²) in [6.45, 7) is -0.614. The highest BCUT2D eigenvalue weighted by Crippen LogP contribution is 2.37. The maximum absolute atomic E-state index is 13.8. The summed E-state index contributed by atoms with van der Waals surface area (Å²) < 4.78 is 62.8. The van der Waals surface area contributed by atoms with E-state index in [0.29, 0.717) is 17.2 Å². The van der Waals surface area contributed by atoms with Gasteiger partial charge in [-0.15, -0.1) is 0 Å². The fourth-order valence-electron chi connectivity index (χ4n) is 3.26. The number of methoxy groups -OCH3 is 4. The van der Waals surface area contributed by atoms with Crippen LogP contribution in [-0.4, -0.2) is 49.3 Å². The van der Waals surface area contributed by atoms with Gasteiger partial charge in [0.15, 0.2) is 11.5 Å². The minimum absolute atomic E-state index is 0.0795. The molecule has 3 rings (SSSR count). The van der Waals surface area contributed by atoms with Gasteiger partial charge in [0, 0.05) is 17.8 Å². The molecule has 0 saturated carbocycles. The Morgan fingerprint density at radius 3 is 2.06 bits per heavy atom. The van der Waals surface area contributed by atoms with E-state index < -0.39 is 28.3 Å². The van der Waals surface area contributed by atoms with Crippen LogP contribution in [0.15, 0.2) is 65.6 Å². The molecule has 0 aliphatic heterocycles. The first-order chi connectivity index (χ1) is 16.7. The Hall–Kier alpha value is -3.99. The fourth-order valence-corrected chi connectivity index (χ4v) is 4.70. The van der Waals surface area contributed by atoms with E-state index in [2.05, 4.69) is 5.32 Å². The number of nitrogens with zero attached hydrogens (tertiary/aromatic N) is 1. The van der Waals surface area contributed by atoms with Gasteiger partial charge in [0.2, 0.25) is 5.91 Å². The van der Waals surface area contributed by atoms with Crippen LogP contribution < -0.4 is 28.6 Å². The molecule has 9 nitrogen and oxygen atoms in total. The number of nitrogens with one attached hydrogen (secondary N) is 1. The number of rotatable bonds is 10. The van der Waals surface area contributed by atoms with E-state index in [1.165, 1.54) is 83.0 Å². The first-order valence-electron chi connectivity index (χ1n) is 10.3. The Morgan fingerprint density at radius 1 is 0.829 bits per heavy atom. The van der Waals surface area contributed by atoms with Crippen molar-refractivity contribution in [3.8, 4) is 23.0 Å².